The first-order valence-electron chi connectivity index (χ1n) is 12.6. The van der Waals surface area contributed by atoms with Gasteiger partial charge in [-0.2, -0.15) is 0 Å². The maximum absolute atomic E-state index is 12.5. The second kappa shape index (κ2) is 16.8. The molecule has 0 spiro atoms. The predicted molar refractivity (Wildman–Crippen MR) is 149 cm³/mol. The number of nitrogens with one attached hydrogen (secondary N) is 2. The topological polar surface area (TPSA) is 109 Å². The molecule has 2 amide bonds. The largest absolute Gasteiger partial charge is 0.493 e. The smallest absolute Gasteiger partial charge is 0.412 e. The van der Waals surface area contributed by atoms with Crippen LogP contribution in [0.2, 0.25) is 0 Å². The lowest BCUT2D eigenvalue weighted by Crippen LogP contribution is -2.42. The van der Waals surface area contributed by atoms with Crippen molar-refractivity contribution in [3.63, 3.8) is 0 Å². The minimum absolute atomic E-state index is 0.147. The maximum atomic E-state index is 12.5. The van der Waals surface area contributed by atoms with Crippen molar-refractivity contribution in [2.45, 2.75) is 37.8 Å². The van der Waals surface area contributed by atoms with Crippen molar-refractivity contribution in [3.8, 4) is 11.5 Å². The van der Waals surface area contributed by atoms with Crippen molar-refractivity contribution in [2.24, 2.45) is 0 Å². The van der Waals surface area contributed by atoms with Gasteiger partial charge in [0.1, 0.15) is 0 Å². The Morgan fingerprint density at radius 1 is 1.08 bits per heavy atom. The monoisotopic (exact) mass is 525 g/mol. The molecular formula is C29H39N3O6. The lowest BCUT2D eigenvalue weighted by molar-refractivity contribution is 0.105. The summed E-state index contributed by atoms with van der Waals surface area (Å²) in [5, 5.41) is 15.8. The van der Waals surface area contributed by atoms with Crippen LogP contribution in [-0.4, -0.2) is 63.3 Å². The van der Waals surface area contributed by atoms with E-state index in [9.17, 15) is 14.7 Å². The first kappa shape index (κ1) is 30.4. The molecule has 9 heteroatoms. The van der Waals surface area contributed by atoms with Gasteiger partial charge in [-0.1, -0.05) is 36.4 Å². The Kier molecular flexibility index (Phi) is 13.5. The van der Waals surface area contributed by atoms with Crippen LogP contribution in [0.5, 0.6) is 11.5 Å². The van der Waals surface area contributed by atoms with E-state index in [1.165, 1.54) is 12.0 Å². The number of carbonyl (C=O) groups excluding carboxylic acids is 1. The number of carbonyl (C=O) groups is 2. The van der Waals surface area contributed by atoms with Crippen LogP contribution in [0, 0.1) is 0 Å². The van der Waals surface area contributed by atoms with Gasteiger partial charge in [0.25, 0.3) is 0 Å². The molecule has 0 fully saturated rings. The van der Waals surface area contributed by atoms with Crippen molar-refractivity contribution in [3.05, 3.63) is 79.4 Å². The highest BCUT2D eigenvalue weighted by atomic mass is 16.6. The van der Waals surface area contributed by atoms with E-state index >= 15 is 0 Å². The van der Waals surface area contributed by atoms with E-state index in [0.29, 0.717) is 49.5 Å². The number of amides is 2. The minimum Gasteiger partial charge on any atom is -0.493 e. The number of carboxylic acid groups (broad SMARTS) is 1. The van der Waals surface area contributed by atoms with Crippen LogP contribution in [0.1, 0.15) is 24.8 Å². The summed E-state index contributed by atoms with van der Waals surface area (Å²) in [5.74, 6) is 0.818. The fourth-order valence-corrected chi connectivity index (χ4v) is 3.90. The molecular weight excluding hydrogens is 486 g/mol. The lowest BCUT2D eigenvalue weighted by Gasteiger charge is -2.25. The second-order valence-corrected chi connectivity index (χ2v) is 8.67. The van der Waals surface area contributed by atoms with E-state index in [-0.39, 0.29) is 18.7 Å². The average Bonchev–Trinajstić information content (AvgIpc) is 2.91. The molecule has 0 aliphatic rings. The molecule has 0 radical (unpaired) electrons. The van der Waals surface area contributed by atoms with Crippen molar-refractivity contribution in [1.82, 2.24) is 10.6 Å². The van der Waals surface area contributed by atoms with Crippen molar-refractivity contribution in [2.75, 3.05) is 38.8 Å². The first-order valence-corrected chi connectivity index (χ1v) is 12.6. The highest BCUT2D eigenvalue weighted by Gasteiger charge is 2.20. The van der Waals surface area contributed by atoms with Gasteiger partial charge in [-0.3, -0.25) is 4.90 Å². The molecule has 0 heterocycles. The van der Waals surface area contributed by atoms with E-state index in [4.69, 9.17) is 14.2 Å². The molecule has 2 atom stereocenters. The summed E-state index contributed by atoms with van der Waals surface area (Å²) in [7, 11) is 3.09. The number of allylic oxidation sites excluding steroid dienone is 1. The number of ether oxygens (including phenoxy) is 3. The molecule has 0 saturated heterocycles. The van der Waals surface area contributed by atoms with E-state index < -0.39 is 12.2 Å². The fourth-order valence-electron chi connectivity index (χ4n) is 3.90. The fraction of sp³-hybridized carbons (Fsp3) is 0.379. The quantitative estimate of drug-likeness (QED) is 0.196. The number of anilines is 1. The van der Waals surface area contributed by atoms with Crippen molar-refractivity contribution < 1.29 is 28.9 Å². The Bertz CT molecular complexity index is 1030. The Labute approximate surface area is 225 Å². The summed E-state index contributed by atoms with van der Waals surface area (Å²) in [6.07, 6.45) is 4.39. The molecule has 0 aliphatic heterocycles. The van der Waals surface area contributed by atoms with Crippen LogP contribution in [0.3, 0.4) is 0 Å². The SMILES string of the molecule is C=CCc1ccc(OC(=O)NC(CC=C)CCCNCC(CN(C(=O)O)c2ccccc2)OC)c(OC)c1. The zero-order valence-corrected chi connectivity index (χ0v) is 22.2. The number of methoxy groups -OCH3 is 2. The summed E-state index contributed by atoms with van der Waals surface area (Å²) in [6, 6.07) is 14.2. The standard InChI is InChI=1S/C29H39N3O6/c1-5-11-22-16-17-26(27(19-22)37-4)38-28(33)31-23(12-6-2)13-10-18-30-20-25(36-3)21-32(29(34)35)24-14-8-7-9-15-24/h5-9,14-17,19,23,25,30H,1-2,10-13,18,20-21H2,3-4H3,(H,31,33)(H,34,35). The van der Waals surface area contributed by atoms with Gasteiger partial charge >= 0.3 is 12.2 Å². The molecule has 0 saturated carbocycles. The number of para-hydroxylation sites is 1. The number of rotatable bonds is 17. The zero-order chi connectivity index (χ0) is 27.8. The Hall–Kier alpha value is -3.82. The third kappa shape index (κ3) is 10.3. The third-order valence-electron chi connectivity index (χ3n) is 5.88. The average molecular weight is 526 g/mol. The van der Waals surface area contributed by atoms with Crippen LogP contribution in [0.25, 0.3) is 0 Å². The van der Waals surface area contributed by atoms with E-state index in [2.05, 4.69) is 23.8 Å². The molecule has 9 nitrogen and oxygen atoms in total. The first-order chi connectivity index (χ1) is 18.4. The van der Waals surface area contributed by atoms with Crippen LogP contribution >= 0.6 is 0 Å². The van der Waals surface area contributed by atoms with Crippen LogP contribution in [0.4, 0.5) is 15.3 Å². The van der Waals surface area contributed by atoms with Crippen LogP contribution in [0.15, 0.2) is 73.8 Å². The van der Waals surface area contributed by atoms with Gasteiger partial charge in [-0.15, -0.1) is 13.2 Å². The Morgan fingerprint density at radius 2 is 1.84 bits per heavy atom. The summed E-state index contributed by atoms with van der Waals surface area (Å²) < 4.78 is 16.3. The van der Waals surface area contributed by atoms with Gasteiger partial charge in [-0.25, -0.2) is 9.59 Å². The maximum Gasteiger partial charge on any atom is 0.412 e. The molecule has 38 heavy (non-hydrogen) atoms. The molecule has 2 unspecified atom stereocenters. The van der Waals surface area contributed by atoms with Crippen LogP contribution < -0.4 is 25.0 Å². The third-order valence-corrected chi connectivity index (χ3v) is 5.88. The Morgan fingerprint density at radius 3 is 2.47 bits per heavy atom. The van der Waals surface area contributed by atoms with E-state index in [1.54, 1.807) is 49.6 Å². The van der Waals surface area contributed by atoms with Crippen LogP contribution in [-0.2, 0) is 11.2 Å². The predicted octanol–water partition coefficient (Wildman–Crippen LogP) is 5.03. The summed E-state index contributed by atoms with van der Waals surface area (Å²) in [4.78, 5) is 25.5. The molecule has 206 valence electrons. The van der Waals surface area contributed by atoms with Crippen molar-refractivity contribution >= 4 is 17.9 Å². The van der Waals surface area contributed by atoms with Gasteiger partial charge in [0.15, 0.2) is 11.5 Å². The highest BCUT2D eigenvalue weighted by Crippen LogP contribution is 2.28. The molecule has 2 aromatic carbocycles. The normalized spacial score (nSPS) is 12.2. The number of benzene rings is 2. The van der Waals surface area contributed by atoms with E-state index in [1.807, 2.05) is 18.2 Å². The summed E-state index contributed by atoms with van der Waals surface area (Å²) in [5.41, 5.74) is 1.60. The molecule has 0 aliphatic carbocycles. The summed E-state index contributed by atoms with van der Waals surface area (Å²) in [6.45, 7) is 8.87. The van der Waals surface area contributed by atoms with Gasteiger partial charge < -0.3 is 30.0 Å². The van der Waals surface area contributed by atoms with Gasteiger partial charge in [0, 0.05) is 25.4 Å². The molecule has 2 rings (SSSR count). The molecule has 0 bridgehead atoms. The highest BCUT2D eigenvalue weighted by molar-refractivity contribution is 5.86. The molecule has 2 aromatic rings. The summed E-state index contributed by atoms with van der Waals surface area (Å²) >= 11 is 0. The van der Waals surface area contributed by atoms with E-state index in [0.717, 1.165) is 12.0 Å². The molecule has 0 aromatic heterocycles. The lowest BCUT2D eigenvalue weighted by atomic mass is 10.1. The van der Waals surface area contributed by atoms with Gasteiger partial charge in [0.2, 0.25) is 0 Å². The Balaban J connectivity index is 1.80. The molecule has 3 N–H and O–H groups in total. The number of nitrogens with zero attached hydrogens (tertiary/aromatic N) is 1. The number of hydrogen-bond donors (Lipinski definition) is 3. The second-order valence-electron chi connectivity index (χ2n) is 8.67. The zero-order valence-electron chi connectivity index (χ0n) is 22.2. The number of hydrogen-bond acceptors (Lipinski definition) is 6. The minimum atomic E-state index is -1.03. The van der Waals surface area contributed by atoms with Gasteiger partial charge in [-0.05, 0) is 62.1 Å². The van der Waals surface area contributed by atoms with Crippen molar-refractivity contribution in [1.29, 1.82) is 0 Å². The van der Waals surface area contributed by atoms with Gasteiger partial charge in [0.05, 0.1) is 19.8 Å².